The molecule has 8 nitrogen and oxygen atoms in total. The second-order valence-electron chi connectivity index (χ2n) is 7.27. The van der Waals surface area contributed by atoms with Crippen molar-refractivity contribution in [2.45, 2.75) is 12.7 Å². The molecule has 0 amide bonds. The van der Waals surface area contributed by atoms with Gasteiger partial charge in [-0.1, -0.05) is 11.6 Å². The first-order valence-corrected chi connectivity index (χ1v) is 10.2. The maximum Gasteiger partial charge on any atom is 0.416 e. The summed E-state index contributed by atoms with van der Waals surface area (Å²) in [5, 5.41) is 7.97. The third kappa shape index (κ3) is 4.07. The number of rotatable bonds is 5. The third-order valence-corrected chi connectivity index (χ3v) is 5.40. The van der Waals surface area contributed by atoms with E-state index in [1.54, 1.807) is 34.9 Å². The van der Waals surface area contributed by atoms with Gasteiger partial charge in [0.15, 0.2) is 0 Å². The van der Waals surface area contributed by atoms with Crippen LogP contribution in [0.25, 0.3) is 5.69 Å². The molecule has 1 aliphatic heterocycles. The highest BCUT2D eigenvalue weighted by Gasteiger charge is 2.31. The van der Waals surface area contributed by atoms with Crippen molar-refractivity contribution in [1.29, 1.82) is 0 Å². The lowest BCUT2D eigenvalue weighted by Gasteiger charge is -2.16. The first-order chi connectivity index (χ1) is 15.8. The summed E-state index contributed by atoms with van der Waals surface area (Å²) in [4.78, 5) is 10.4. The molecule has 0 radical (unpaired) electrons. The Balaban J connectivity index is 1.37. The summed E-state index contributed by atoms with van der Waals surface area (Å²) in [6.45, 7) is 1.13. The molecule has 2 aromatic heterocycles. The molecule has 170 valence electrons. The zero-order valence-electron chi connectivity index (χ0n) is 17.2. The molecule has 1 aliphatic rings. The number of imidazole rings is 1. The van der Waals surface area contributed by atoms with E-state index in [2.05, 4.69) is 20.4 Å². The normalized spacial score (nSPS) is 13.3. The standard InChI is InChI=1S/C21H17ClF3N7O/c1-33-17-10-14(4-7-16(17)30-11-18(22)26-12-30)27-19-28-20-31(8-9-32(20)29-19)15-5-2-13(3-6-15)21(23,24)25/h2-7,10-12H,8-9H2,1H3,(H,27,29). The summed E-state index contributed by atoms with van der Waals surface area (Å²) in [6.07, 6.45) is -1.12. The van der Waals surface area contributed by atoms with Crippen LogP contribution in [0.2, 0.25) is 5.15 Å². The molecule has 0 unspecified atom stereocenters. The minimum Gasteiger partial charge on any atom is -0.494 e. The van der Waals surface area contributed by atoms with Crippen molar-refractivity contribution in [1.82, 2.24) is 24.3 Å². The number of nitrogens with zero attached hydrogens (tertiary/aromatic N) is 6. The average Bonchev–Trinajstić information content (AvgIpc) is 3.49. The van der Waals surface area contributed by atoms with E-state index in [-0.39, 0.29) is 0 Å². The number of hydrogen-bond acceptors (Lipinski definition) is 6. The largest absolute Gasteiger partial charge is 0.494 e. The number of anilines is 4. The minimum atomic E-state index is -4.37. The Morgan fingerprint density at radius 1 is 1.09 bits per heavy atom. The smallest absolute Gasteiger partial charge is 0.416 e. The second kappa shape index (κ2) is 8.00. The molecular formula is C21H17ClF3N7O. The zero-order chi connectivity index (χ0) is 23.2. The maximum absolute atomic E-state index is 12.9. The molecule has 33 heavy (non-hydrogen) atoms. The Morgan fingerprint density at radius 3 is 2.55 bits per heavy atom. The Kier molecular flexibility index (Phi) is 5.12. The number of benzene rings is 2. The number of fused-ring (bicyclic) bond motifs is 1. The zero-order valence-corrected chi connectivity index (χ0v) is 18.0. The third-order valence-electron chi connectivity index (χ3n) is 5.20. The van der Waals surface area contributed by atoms with Gasteiger partial charge in [-0.2, -0.15) is 18.2 Å². The van der Waals surface area contributed by atoms with Crippen LogP contribution in [-0.2, 0) is 12.7 Å². The molecule has 4 aromatic rings. The molecule has 1 N–H and O–H groups in total. The number of methoxy groups -OCH3 is 1. The van der Waals surface area contributed by atoms with Gasteiger partial charge >= 0.3 is 6.18 Å². The first-order valence-electron chi connectivity index (χ1n) is 9.86. The Bertz CT molecular complexity index is 1300. The van der Waals surface area contributed by atoms with E-state index in [0.29, 0.717) is 47.3 Å². The van der Waals surface area contributed by atoms with Crippen molar-refractivity contribution < 1.29 is 17.9 Å². The van der Waals surface area contributed by atoms with Crippen molar-refractivity contribution in [3.63, 3.8) is 0 Å². The highest BCUT2D eigenvalue weighted by Crippen LogP contribution is 2.34. The van der Waals surface area contributed by atoms with Gasteiger partial charge in [0.25, 0.3) is 0 Å². The lowest BCUT2D eigenvalue weighted by molar-refractivity contribution is -0.137. The highest BCUT2D eigenvalue weighted by molar-refractivity contribution is 6.29. The molecule has 3 heterocycles. The first kappa shape index (κ1) is 21.1. The van der Waals surface area contributed by atoms with Gasteiger partial charge in [0, 0.05) is 30.2 Å². The summed E-state index contributed by atoms with van der Waals surface area (Å²) >= 11 is 5.91. The Hall–Kier alpha value is -3.73. The molecule has 0 spiro atoms. The predicted octanol–water partition coefficient (Wildman–Crippen LogP) is 5.04. The Morgan fingerprint density at radius 2 is 1.88 bits per heavy atom. The molecule has 12 heteroatoms. The minimum absolute atomic E-state index is 0.363. The van der Waals surface area contributed by atoms with Crippen LogP contribution in [0.15, 0.2) is 55.0 Å². The van der Waals surface area contributed by atoms with Gasteiger partial charge in [0.2, 0.25) is 11.9 Å². The summed E-state index contributed by atoms with van der Waals surface area (Å²) < 4.78 is 47.5. The molecular weight excluding hydrogens is 459 g/mol. The Labute approximate surface area is 191 Å². The average molecular weight is 476 g/mol. The van der Waals surface area contributed by atoms with Crippen LogP contribution in [-0.4, -0.2) is 38.0 Å². The summed E-state index contributed by atoms with van der Waals surface area (Å²) in [5.74, 6) is 1.50. The number of halogens is 4. The van der Waals surface area contributed by atoms with Crippen molar-refractivity contribution in [3.05, 3.63) is 65.7 Å². The van der Waals surface area contributed by atoms with Crippen LogP contribution >= 0.6 is 11.6 Å². The summed E-state index contributed by atoms with van der Waals surface area (Å²) in [5.41, 5.74) is 1.39. The van der Waals surface area contributed by atoms with Gasteiger partial charge in [0.1, 0.15) is 17.2 Å². The van der Waals surface area contributed by atoms with E-state index in [1.165, 1.54) is 12.1 Å². The van der Waals surface area contributed by atoms with E-state index in [4.69, 9.17) is 16.3 Å². The fraction of sp³-hybridized carbons (Fsp3) is 0.190. The maximum atomic E-state index is 12.9. The molecule has 0 saturated carbocycles. The van der Waals surface area contributed by atoms with Gasteiger partial charge in [-0.3, -0.25) is 0 Å². The number of aromatic nitrogens is 5. The monoisotopic (exact) mass is 475 g/mol. The molecule has 0 saturated heterocycles. The fourth-order valence-corrected chi connectivity index (χ4v) is 3.78. The number of hydrogen-bond donors (Lipinski definition) is 1. The SMILES string of the molecule is COc1cc(Nc2nc3n(n2)CCN3c2ccc(C(F)(F)F)cc2)ccc1-n1cnc(Cl)c1. The van der Waals surface area contributed by atoms with E-state index in [0.717, 1.165) is 17.8 Å². The topological polar surface area (TPSA) is 73.0 Å². The lowest BCUT2D eigenvalue weighted by atomic mass is 10.2. The van der Waals surface area contributed by atoms with Gasteiger partial charge in [-0.25, -0.2) is 9.67 Å². The molecule has 0 fully saturated rings. The predicted molar refractivity (Wildman–Crippen MR) is 117 cm³/mol. The number of ether oxygens (including phenoxy) is 1. The van der Waals surface area contributed by atoms with Crippen molar-refractivity contribution in [2.24, 2.45) is 0 Å². The summed E-state index contributed by atoms with van der Waals surface area (Å²) in [7, 11) is 1.56. The molecule has 0 aliphatic carbocycles. The van der Waals surface area contributed by atoms with Gasteiger partial charge in [-0.05, 0) is 36.4 Å². The quantitative estimate of drug-likeness (QED) is 0.436. The highest BCUT2D eigenvalue weighted by atomic mass is 35.5. The van der Waals surface area contributed by atoms with Crippen molar-refractivity contribution in [2.75, 3.05) is 23.9 Å². The van der Waals surface area contributed by atoms with Gasteiger partial charge in [0.05, 0.1) is 24.9 Å². The van der Waals surface area contributed by atoms with Crippen LogP contribution in [0.5, 0.6) is 5.75 Å². The van der Waals surface area contributed by atoms with E-state index in [1.807, 2.05) is 17.0 Å². The number of alkyl halides is 3. The van der Waals surface area contributed by atoms with Crippen LogP contribution in [0.3, 0.4) is 0 Å². The van der Waals surface area contributed by atoms with Crippen LogP contribution in [0.1, 0.15) is 5.56 Å². The molecule has 2 aromatic carbocycles. The van der Waals surface area contributed by atoms with Crippen LogP contribution in [0.4, 0.5) is 36.4 Å². The van der Waals surface area contributed by atoms with E-state index >= 15 is 0 Å². The molecule has 0 bridgehead atoms. The second-order valence-corrected chi connectivity index (χ2v) is 7.66. The summed E-state index contributed by atoms with van der Waals surface area (Å²) in [6, 6.07) is 10.5. The number of nitrogens with one attached hydrogen (secondary N) is 1. The van der Waals surface area contributed by atoms with Gasteiger partial charge < -0.3 is 19.5 Å². The van der Waals surface area contributed by atoms with Crippen LogP contribution in [0, 0.1) is 0 Å². The van der Waals surface area contributed by atoms with Crippen LogP contribution < -0.4 is 15.0 Å². The lowest BCUT2D eigenvalue weighted by Crippen LogP contribution is -2.15. The van der Waals surface area contributed by atoms with Gasteiger partial charge in [-0.15, -0.1) is 5.10 Å². The van der Waals surface area contributed by atoms with Crippen molar-refractivity contribution >= 4 is 34.9 Å². The van der Waals surface area contributed by atoms with E-state index in [9.17, 15) is 13.2 Å². The molecule has 5 rings (SSSR count). The van der Waals surface area contributed by atoms with Crippen molar-refractivity contribution in [3.8, 4) is 11.4 Å². The fourth-order valence-electron chi connectivity index (χ4n) is 3.63. The van der Waals surface area contributed by atoms with E-state index < -0.39 is 11.7 Å². The molecule has 0 atom stereocenters.